The Labute approximate surface area is 184 Å². The normalized spacial score (nSPS) is 10.8. The lowest BCUT2D eigenvalue weighted by Gasteiger charge is -2.11. The molecule has 152 valence electrons. The summed E-state index contributed by atoms with van der Waals surface area (Å²) < 4.78 is 9.34. The second kappa shape index (κ2) is 8.59. The van der Waals surface area contributed by atoms with Crippen LogP contribution in [0.15, 0.2) is 53.5 Å². The molecule has 0 spiro atoms. The van der Waals surface area contributed by atoms with E-state index in [2.05, 4.69) is 46.9 Å². The number of rotatable bonds is 6. The third-order valence-electron chi connectivity index (χ3n) is 4.13. The molecule has 0 radical (unpaired) electrons. The zero-order valence-corrected chi connectivity index (χ0v) is 17.9. The summed E-state index contributed by atoms with van der Waals surface area (Å²) in [5.41, 5.74) is 1.75. The second-order valence-electron chi connectivity index (χ2n) is 6.10. The maximum atomic E-state index is 12.8. The summed E-state index contributed by atoms with van der Waals surface area (Å²) in [5.74, 6) is 0.00921. The summed E-state index contributed by atoms with van der Waals surface area (Å²) in [4.78, 5) is 16.9. The molecular weight excluding hydrogens is 476 g/mol. The van der Waals surface area contributed by atoms with Gasteiger partial charge < -0.3 is 4.74 Å². The smallest absolute Gasteiger partial charge is 0.261 e. The number of amides is 1. The van der Waals surface area contributed by atoms with Gasteiger partial charge in [0, 0.05) is 10.5 Å². The van der Waals surface area contributed by atoms with Crippen LogP contribution in [0.5, 0.6) is 5.75 Å². The van der Waals surface area contributed by atoms with Gasteiger partial charge >= 0.3 is 0 Å². The summed E-state index contributed by atoms with van der Waals surface area (Å²) in [5, 5.41) is 18.2. The lowest BCUT2D eigenvalue weighted by atomic mass is 10.1. The van der Waals surface area contributed by atoms with Gasteiger partial charge in [0.15, 0.2) is 0 Å². The van der Waals surface area contributed by atoms with Gasteiger partial charge in [-0.1, -0.05) is 39.7 Å². The summed E-state index contributed by atoms with van der Waals surface area (Å²) in [6, 6.07) is 10.9. The Morgan fingerprint density at radius 2 is 2.03 bits per heavy atom. The number of anilines is 1. The molecule has 1 amide bonds. The lowest BCUT2D eigenvalue weighted by molar-refractivity contribution is 0.102. The molecule has 30 heavy (non-hydrogen) atoms. The molecule has 4 rings (SSSR count). The molecule has 0 atom stereocenters. The molecule has 0 saturated heterocycles. The van der Waals surface area contributed by atoms with Crippen LogP contribution in [0.3, 0.4) is 0 Å². The Bertz CT molecular complexity index is 1180. The quantitative estimate of drug-likeness (QED) is 0.443. The fraction of sp³-hybridized carbons (Fsp3) is 0.111. The van der Waals surface area contributed by atoms with Crippen LogP contribution >= 0.6 is 27.5 Å². The van der Waals surface area contributed by atoms with Crippen molar-refractivity contribution in [1.82, 2.24) is 35.0 Å². The summed E-state index contributed by atoms with van der Waals surface area (Å²) in [6.07, 6.45) is 2.94. The van der Waals surface area contributed by atoms with E-state index in [4.69, 9.17) is 16.3 Å². The van der Waals surface area contributed by atoms with Gasteiger partial charge in [-0.2, -0.15) is 4.68 Å². The first-order valence-corrected chi connectivity index (χ1v) is 9.76. The molecule has 12 heteroatoms. The fourth-order valence-electron chi connectivity index (χ4n) is 2.71. The van der Waals surface area contributed by atoms with Crippen molar-refractivity contribution in [3.05, 3.63) is 69.7 Å². The van der Waals surface area contributed by atoms with Crippen molar-refractivity contribution < 1.29 is 9.53 Å². The van der Waals surface area contributed by atoms with Gasteiger partial charge in [-0.3, -0.25) is 10.1 Å². The number of nitrogens with zero attached hydrogens (tertiary/aromatic N) is 7. The molecule has 0 aliphatic rings. The van der Waals surface area contributed by atoms with Gasteiger partial charge in [0.1, 0.15) is 18.4 Å². The average Bonchev–Trinajstić information content (AvgIpc) is 3.42. The van der Waals surface area contributed by atoms with Crippen molar-refractivity contribution in [2.75, 3.05) is 12.4 Å². The van der Waals surface area contributed by atoms with Crippen LogP contribution in [0.25, 0.3) is 5.69 Å². The molecule has 2 aromatic carbocycles. The van der Waals surface area contributed by atoms with Crippen molar-refractivity contribution >= 4 is 39.4 Å². The predicted octanol–water partition coefficient (Wildman–Crippen LogP) is 2.98. The molecule has 1 N–H and O–H groups in total. The molecule has 0 aliphatic heterocycles. The first-order chi connectivity index (χ1) is 14.5. The van der Waals surface area contributed by atoms with Crippen molar-refractivity contribution in [2.24, 2.45) is 0 Å². The van der Waals surface area contributed by atoms with Crippen LogP contribution in [0.2, 0.25) is 5.02 Å². The highest BCUT2D eigenvalue weighted by molar-refractivity contribution is 9.10. The van der Waals surface area contributed by atoms with E-state index in [0.717, 1.165) is 10.0 Å². The molecule has 2 aromatic heterocycles. The molecule has 0 fully saturated rings. The Hall–Kier alpha value is -3.31. The number of aromatic nitrogens is 7. The largest absolute Gasteiger partial charge is 0.496 e. The van der Waals surface area contributed by atoms with Crippen molar-refractivity contribution in [3.63, 3.8) is 0 Å². The molecule has 0 unspecified atom stereocenters. The molecule has 2 heterocycles. The maximum Gasteiger partial charge on any atom is 0.261 e. The van der Waals surface area contributed by atoms with E-state index in [9.17, 15) is 4.79 Å². The second-order valence-corrected chi connectivity index (χ2v) is 7.43. The van der Waals surface area contributed by atoms with Crippen molar-refractivity contribution in [2.45, 2.75) is 6.54 Å². The highest BCUT2D eigenvalue weighted by Crippen LogP contribution is 2.29. The number of benzene rings is 2. The van der Waals surface area contributed by atoms with Crippen molar-refractivity contribution in [1.29, 1.82) is 0 Å². The minimum absolute atomic E-state index is 0.167. The molecule has 0 aliphatic carbocycles. The Kier molecular flexibility index (Phi) is 5.72. The lowest BCUT2D eigenvalue weighted by Crippen LogP contribution is -2.15. The zero-order valence-electron chi connectivity index (χ0n) is 15.5. The monoisotopic (exact) mass is 488 g/mol. The Morgan fingerprint density at radius 1 is 1.23 bits per heavy atom. The molecular formula is C18H14BrClN8O2. The number of hydrogen-bond donors (Lipinski definition) is 1. The van der Waals surface area contributed by atoms with Crippen LogP contribution in [0.4, 0.5) is 5.95 Å². The third kappa shape index (κ3) is 4.31. The van der Waals surface area contributed by atoms with E-state index >= 15 is 0 Å². The molecule has 0 bridgehead atoms. The van der Waals surface area contributed by atoms with E-state index in [1.165, 1.54) is 24.2 Å². The van der Waals surface area contributed by atoms with Crippen LogP contribution in [0.1, 0.15) is 15.9 Å². The highest BCUT2D eigenvalue weighted by Gasteiger charge is 2.19. The van der Waals surface area contributed by atoms with E-state index in [1.54, 1.807) is 17.1 Å². The van der Waals surface area contributed by atoms with E-state index in [-0.39, 0.29) is 16.5 Å². The van der Waals surface area contributed by atoms with Gasteiger partial charge in [-0.25, -0.2) is 9.67 Å². The Balaban J connectivity index is 1.52. The van der Waals surface area contributed by atoms with Gasteiger partial charge in [0.25, 0.3) is 5.91 Å². The van der Waals surface area contributed by atoms with E-state index in [1.807, 2.05) is 24.3 Å². The summed E-state index contributed by atoms with van der Waals surface area (Å²) >= 11 is 9.72. The fourth-order valence-corrected chi connectivity index (χ4v) is 3.22. The van der Waals surface area contributed by atoms with Crippen LogP contribution < -0.4 is 10.1 Å². The SMILES string of the molecule is COc1cc(-n2cnnn2)c(Cl)cc1C(=O)Nc1ncn(Cc2ccc(Br)cc2)n1. The molecule has 0 saturated carbocycles. The molecule has 10 nitrogen and oxygen atoms in total. The number of ether oxygens (including phenoxy) is 1. The first kappa shape index (κ1) is 20.0. The molecule has 4 aromatic rings. The number of carbonyl (C=O) groups excluding carboxylic acids is 1. The minimum Gasteiger partial charge on any atom is -0.496 e. The third-order valence-corrected chi connectivity index (χ3v) is 4.96. The number of halogens is 2. The number of tetrazole rings is 1. The van der Waals surface area contributed by atoms with Crippen molar-refractivity contribution in [3.8, 4) is 11.4 Å². The van der Waals surface area contributed by atoms with Gasteiger partial charge in [0.2, 0.25) is 5.95 Å². The Morgan fingerprint density at radius 3 is 2.73 bits per heavy atom. The van der Waals surface area contributed by atoms with E-state index < -0.39 is 5.91 Å². The summed E-state index contributed by atoms with van der Waals surface area (Å²) in [7, 11) is 1.45. The first-order valence-electron chi connectivity index (χ1n) is 8.59. The number of hydrogen-bond acceptors (Lipinski definition) is 7. The zero-order chi connectivity index (χ0) is 21.1. The number of methoxy groups -OCH3 is 1. The van der Waals surface area contributed by atoms with Gasteiger partial charge in [-0.05, 0) is 34.2 Å². The highest BCUT2D eigenvalue weighted by atomic mass is 79.9. The van der Waals surface area contributed by atoms with Crippen LogP contribution in [0, 0.1) is 0 Å². The topological polar surface area (TPSA) is 113 Å². The van der Waals surface area contributed by atoms with Crippen LogP contribution in [-0.2, 0) is 6.54 Å². The minimum atomic E-state index is -0.460. The average molecular weight is 490 g/mol. The number of nitrogens with one attached hydrogen (secondary N) is 1. The predicted molar refractivity (Wildman–Crippen MR) is 112 cm³/mol. The van der Waals surface area contributed by atoms with Gasteiger partial charge in [-0.15, -0.1) is 10.2 Å². The van der Waals surface area contributed by atoms with Gasteiger partial charge in [0.05, 0.1) is 29.9 Å². The van der Waals surface area contributed by atoms with E-state index in [0.29, 0.717) is 18.0 Å². The maximum absolute atomic E-state index is 12.8. The standard InChI is InChI=1S/C18H14BrClN8O2/c1-30-16-7-15(28-10-22-25-26-28)14(20)6-13(16)17(29)23-18-21-9-27(24-18)8-11-2-4-12(19)5-3-11/h2-7,9-10H,8H2,1H3,(H,23,24,29). The van der Waals surface area contributed by atoms with Crippen LogP contribution in [-0.4, -0.2) is 48.0 Å². The number of carbonyl (C=O) groups is 1. The summed E-state index contributed by atoms with van der Waals surface area (Å²) in [6.45, 7) is 0.520.